The molecule has 1 saturated heterocycles. The van der Waals surface area contributed by atoms with E-state index in [4.69, 9.17) is 15.3 Å². The molecule has 0 aromatic carbocycles. The van der Waals surface area contributed by atoms with Crippen LogP contribution >= 0.6 is 0 Å². The van der Waals surface area contributed by atoms with Crippen LogP contribution in [-0.4, -0.2) is 32.5 Å². The molecule has 1 heterocycles. The maximum absolute atomic E-state index is 5.67. The van der Waals surface area contributed by atoms with Gasteiger partial charge in [0.15, 0.2) is 0 Å². The predicted octanol–water partition coefficient (Wildman–Crippen LogP) is 0.670. The standard InChI is InChI=1S/C10H22N2O2/c1-8-5-7-14-10(8)9(12-11)4-3-6-13-2/h8-10,12H,3-7,11H2,1-2H3. The van der Waals surface area contributed by atoms with Crippen LogP contribution in [0.3, 0.4) is 0 Å². The van der Waals surface area contributed by atoms with Crippen LogP contribution in [0, 0.1) is 5.92 Å². The highest BCUT2D eigenvalue weighted by atomic mass is 16.5. The predicted molar refractivity (Wildman–Crippen MR) is 55.7 cm³/mol. The SMILES string of the molecule is COCCCC(NN)C1OCCC1C. The first-order valence-corrected chi connectivity index (χ1v) is 5.36. The minimum atomic E-state index is 0.266. The van der Waals surface area contributed by atoms with E-state index >= 15 is 0 Å². The summed E-state index contributed by atoms with van der Waals surface area (Å²) in [4.78, 5) is 0. The molecule has 1 aliphatic heterocycles. The molecule has 1 rings (SSSR count). The average Bonchev–Trinajstić information content (AvgIpc) is 2.60. The average molecular weight is 202 g/mol. The Balaban J connectivity index is 2.29. The lowest BCUT2D eigenvalue weighted by Gasteiger charge is -2.25. The molecule has 3 atom stereocenters. The number of nitrogens with two attached hydrogens (primary N) is 1. The molecule has 0 radical (unpaired) electrons. The molecule has 4 heteroatoms. The van der Waals surface area contributed by atoms with E-state index in [0.717, 1.165) is 32.5 Å². The second-order valence-corrected chi connectivity index (χ2v) is 4.01. The van der Waals surface area contributed by atoms with E-state index in [1.54, 1.807) is 7.11 Å². The van der Waals surface area contributed by atoms with Crippen molar-refractivity contribution in [3.05, 3.63) is 0 Å². The van der Waals surface area contributed by atoms with Crippen LogP contribution in [-0.2, 0) is 9.47 Å². The minimum Gasteiger partial charge on any atom is -0.385 e. The number of hydrazine groups is 1. The molecule has 1 aliphatic rings. The van der Waals surface area contributed by atoms with Gasteiger partial charge in [-0.3, -0.25) is 11.3 Å². The van der Waals surface area contributed by atoms with Crippen LogP contribution in [0.5, 0.6) is 0 Å². The zero-order chi connectivity index (χ0) is 10.4. The van der Waals surface area contributed by atoms with Crippen molar-refractivity contribution in [2.45, 2.75) is 38.3 Å². The molecule has 0 aromatic rings. The zero-order valence-corrected chi connectivity index (χ0v) is 9.16. The van der Waals surface area contributed by atoms with Crippen LogP contribution in [0.1, 0.15) is 26.2 Å². The van der Waals surface area contributed by atoms with Gasteiger partial charge in [0.2, 0.25) is 0 Å². The molecule has 0 aromatic heterocycles. The molecule has 84 valence electrons. The van der Waals surface area contributed by atoms with E-state index in [2.05, 4.69) is 12.3 Å². The van der Waals surface area contributed by atoms with Gasteiger partial charge in [0, 0.05) is 26.4 Å². The van der Waals surface area contributed by atoms with E-state index < -0.39 is 0 Å². The smallest absolute Gasteiger partial charge is 0.0767 e. The largest absolute Gasteiger partial charge is 0.385 e. The van der Waals surface area contributed by atoms with Crippen molar-refractivity contribution in [2.75, 3.05) is 20.3 Å². The van der Waals surface area contributed by atoms with E-state index in [1.807, 2.05) is 0 Å². The molecule has 1 fully saturated rings. The molecule has 0 aliphatic carbocycles. The van der Waals surface area contributed by atoms with Gasteiger partial charge < -0.3 is 9.47 Å². The molecule has 3 N–H and O–H groups in total. The van der Waals surface area contributed by atoms with Crippen LogP contribution in [0.2, 0.25) is 0 Å². The maximum Gasteiger partial charge on any atom is 0.0767 e. The van der Waals surface area contributed by atoms with Crippen molar-refractivity contribution in [3.8, 4) is 0 Å². The first kappa shape index (κ1) is 11.9. The molecule has 0 spiro atoms. The second-order valence-electron chi connectivity index (χ2n) is 4.01. The second kappa shape index (κ2) is 6.35. The van der Waals surface area contributed by atoms with E-state index in [0.29, 0.717) is 5.92 Å². The Kier molecular flexibility index (Phi) is 5.40. The van der Waals surface area contributed by atoms with Gasteiger partial charge in [0.25, 0.3) is 0 Å². The topological polar surface area (TPSA) is 56.5 Å². The monoisotopic (exact) mass is 202 g/mol. The van der Waals surface area contributed by atoms with Crippen molar-refractivity contribution < 1.29 is 9.47 Å². The number of rotatable bonds is 6. The number of hydrogen-bond donors (Lipinski definition) is 2. The maximum atomic E-state index is 5.67. The highest BCUT2D eigenvalue weighted by molar-refractivity contribution is 4.83. The van der Waals surface area contributed by atoms with Gasteiger partial charge in [0.1, 0.15) is 0 Å². The Morgan fingerprint density at radius 3 is 2.93 bits per heavy atom. The lowest BCUT2D eigenvalue weighted by atomic mass is 9.95. The summed E-state index contributed by atoms with van der Waals surface area (Å²) >= 11 is 0. The Hall–Kier alpha value is -0.160. The lowest BCUT2D eigenvalue weighted by Crippen LogP contribution is -2.46. The zero-order valence-electron chi connectivity index (χ0n) is 9.16. The van der Waals surface area contributed by atoms with Crippen molar-refractivity contribution in [1.29, 1.82) is 0 Å². The number of methoxy groups -OCH3 is 1. The van der Waals surface area contributed by atoms with E-state index in [-0.39, 0.29) is 12.1 Å². The first-order valence-electron chi connectivity index (χ1n) is 5.36. The van der Waals surface area contributed by atoms with Gasteiger partial charge >= 0.3 is 0 Å². The summed E-state index contributed by atoms with van der Waals surface area (Å²) < 4.78 is 10.7. The van der Waals surface area contributed by atoms with Gasteiger partial charge in [-0.15, -0.1) is 0 Å². The van der Waals surface area contributed by atoms with Crippen LogP contribution < -0.4 is 11.3 Å². The van der Waals surface area contributed by atoms with Crippen LogP contribution in [0.15, 0.2) is 0 Å². The molecule has 3 unspecified atom stereocenters. The fourth-order valence-electron chi connectivity index (χ4n) is 2.02. The van der Waals surface area contributed by atoms with Gasteiger partial charge in [-0.25, -0.2) is 0 Å². The molecule has 4 nitrogen and oxygen atoms in total. The van der Waals surface area contributed by atoms with Gasteiger partial charge in [0.05, 0.1) is 6.10 Å². The normalized spacial score (nSPS) is 29.4. The first-order chi connectivity index (χ1) is 6.79. The van der Waals surface area contributed by atoms with Crippen molar-refractivity contribution in [3.63, 3.8) is 0 Å². The highest BCUT2D eigenvalue weighted by Crippen LogP contribution is 2.24. The minimum absolute atomic E-state index is 0.266. The van der Waals surface area contributed by atoms with Gasteiger partial charge in [-0.1, -0.05) is 6.92 Å². The van der Waals surface area contributed by atoms with Crippen LogP contribution in [0.4, 0.5) is 0 Å². The molecule has 0 saturated carbocycles. The Morgan fingerprint density at radius 2 is 2.43 bits per heavy atom. The summed E-state index contributed by atoms with van der Waals surface area (Å²) in [5.41, 5.74) is 2.85. The van der Waals surface area contributed by atoms with Crippen LogP contribution in [0.25, 0.3) is 0 Å². The fraction of sp³-hybridized carbons (Fsp3) is 1.00. The molecule has 14 heavy (non-hydrogen) atoms. The van der Waals surface area contributed by atoms with Crippen molar-refractivity contribution >= 4 is 0 Å². The summed E-state index contributed by atoms with van der Waals surface area (Å²) in [5.74, 6) is 6.14. The van der Waals surface area contributed by atoms with Crippen molar-refractivity contribution in [1.82, 2.24) is 5.43 Å². The summed E-state index contributed by atoms with van der Waals surface area (Å²) in [6.45, 7) is 3.88. The number of ether oxygens (including phenoxy) is 2. The van der Waals surface area contributed by atoms with Crippen molar-refractivity contribution in [2.24, 2.45) is 11.8 Å². The molecule has 0 bridgehead atoms. The quantitative estimate of drug-likeness (QED) is 0.377. The summed E-state index contributed by atoms with van der Waals surface area (Å²) in [6.07, 6.45) is 3.46. The summed E-state index contributed by atoms with van der Waals surface area (Å²) in [7, 11) is 1.72. The summed E-state index contributed by atoms with van der Waals surface area (Å²) in [5, 5.41) is 0. The Bertz CT molecular complexity index is 155. The van der Waals surface area contributed by atoms with Gasteiger partial charge in [-0.2, -0.15) is 0 Å². The Labute approximate surface area is 86.1 Å². The third-order valence-electron chi connectivity index (χ3n) is 2.92. The third kappa shape index (κ3) is 3.20. The number of hydrogen-bond acceptors (Lipinski definition) is 4. The lowest BCUT2D eigenvalue weighted by molar-refractivity contribution is 0.0548. The van der Waals surface area contributed by atoms with Gasteiger partial charge in [-0.05, 0) is 25.2 Å². The van der Waals surface area contributed by atoms with E-state index in [9.17, 15) is 0 Å². The molecular formula is C10H22N2O2. The summed E-state index contributed by atoms with van der Waals surface area (Å²) in [6, 6.07) is 0.266. The third-order valence-corrected chi connectivity index (χ3v) is 2.92. The number of nitrogens with one attached hydrogen (secondary N) is 1. The van der Waals surface area contributed by atoms with E-state index in [1.165, 1.54) is 0 Å². The fourth-order valence-corrected chi connectivity index (χ4v) is 2.02. The highest BCUT2D eigenvalue weighted by Gasteiger charge is 2.30. The molecular weight excluding hydrogens is 180 g/mol. The molecule has 0 amide bonds. The Morgan fingerprint density at radius 1 is 1.64 bits per heavy atom.